The highest BCUT2D eigenvalue weighted by Gasteiger charge is 2.11. The monoisotopic (exact) mass is 240 g/mol. The smallest absolute Gasteiger partial charge is 0.110 e. The summed E-state index contributed by atoms with van der Waals surface area (Å²) in [4.78, 5) is 0. The van der Waals surface area contributed by atoms with Gasteiger partial charge in [-0.2, -0.15) is 0 Å². The van der Waals surface area contributed by atoms with Gasteiger partial charge in [-0.05, 0) is 17.2 Å². The summed E-state index contributed by atoms with van der Waals surface area (Å²) in [5.41, 5.74) is 15.0. The number of benzene rings is 2. The van der Waals surface area contributed by atoms with Crippen molar-refractivity contribution in [1.29, 1.82) is 0 Å². The Hall–Kier alpha value is -2.00. The highest BCUT2D eigenvalue weighted by molar-refractivity contribution is 7.23. The van der Waals surface area contributed by atoms with E-state index in [4.69, 9.17) is 11.5 Å². The normalized spacial score (nSPS) is 10.8. The summed E-state index contributed by atoms with van der Waals surface area (Å²) in [7, 11) is 0. The van der Waals surface area contributed by atoms with E-state index < -0.39 is 0 Å². The van der Waals surface area contributed by atoms with Crippen molar-refractivity contribution in [2.75, 3.05) is 11.5 Å². The molecule has 0 saturated heterocycles. The maximum Gasteiger partial charge on any atom is 0.110 e. The lowest BCUT2D eigenvalue weighted by molar-refractivity contribution is 1.66. The SMILES string of the molecule is Nc1sc2cccc(-c3ccccc3)c2c1N. The van der Waals surface area contributed by atoms with Crippen LogP contribution in [0.1, 0.15) is 0 Å². The minimum atomic E-state index is 0.698. The molecule has 0 radical (unpaired) electrons. The van der Waals surface area contributed by atoms with Crippen LogP contribution in [-0.4, -0.2) is 0 Å². The van der Waals surface area contributed by atoms with E-state index in [0.29, 0.717) is 10.7 Å². The number of nitrogens with two attached hydrogens (primary N) is 2. The first-order valence-corrected chi connectivity index (χ1v) is 6.21. The first-order valence-electron chi connectivity index (χ1n) is 5.39. The second kappa shape index (κ2) is 3.79. The van der Waals surface area contributed by atoms with E-state index in [1.807, 2.05) is 24.3 Å². The third-order valence-corrected chi connectivity index (χ3v) is 3.87. The predicted octanol–water partition coefficient (Wildman–Crippen LogP) is 3.73. The van der Waals surface area contributed by atoms with E-state index in [2.05, 4.69) is 24.3 Å². The van der Waals surface area contributed by atoms with Crippen molar-refractivity contribution in [2.24, 2.45) is 0 Å². The molecular formula is C14H12N2S. The fourth-order valence-corrected chi connectivity index (χ4v) is 2.97. The molecule has 0 fully saturated rings. The molecule has 0 saturated carbocycles. The van der Waals surface area contributed by atoms with Gasteiger partial charge >= 0.3 is 0 Å². The van der Waals surface area contributed by atoms with Gasteiger partial charge in [0.2, 0.25) is 0 Å². The Morgan fingerprint density at radius 1 is 0.824 bits per heavy atom. The number of rotatable bonds is 1. The van der Waals surface area contributed by atoms with E-state index in [1.165, 1.54) is 5.56 Å². The van der Waals surface area contributed by atoms with Crippen LogP contribution in [0, 0.1) is 0 Å². The van der Waals surface area contributed by atoms with Crippen molar-refractivity contribution in [3.05, 3.63) is 48.5 Å². The highest BCUT2D eigenvalue weighted by Crippen LogP contribution is 2.41. The van der Waals surface area contributed by atoms with Crippen LogP contribution in [0.2, 0.25) is 0 Å². The molecule has 3 heteroatoms. The van der Waals surface area contributed by atoms with Crippen molar-refractivity contribution in [2.45, 2.75) is 0 Å². The van der Waals surface area contributed by atoms with Gasteiger partial charge in [0.25, 0.3) is 0 Å². The molecule has 0 atom stereocenters. The molecule has 0 spiro atoms. The lowest BCUT2D eigenvalue weighted by atomic mass is 10.0. The Morgan fingerprint density at radius 3 is 2.35 bits per heavy atom. The molecule has 84 valence electrons. The highest BCUT2D eigenvalue weighted by atomic mass is 32.1. The van der Waals surface area contributed by atoms with Gasteiger partial charge in [-0.25, -0.2) is 0 Å². The van der Waals surface area contributed by atoms with Gasteiger partial charge in [-0.3, -0.25) is 0 Å². The fourth-order valence-electron chi connectivity index (χ4n) is 2.05. The Kier molecular flexibility index (Phi) is 2.27. The summed E-state index contributed by atoms with van der Waals surface area (Å²) in [5, 5.41) is 1.77. The molecule has 3 rings (SSSR count). The van der Waals surface area contributed by atoms with E-state index in [1.54, 1.807) is 11.3 Å². The molecule has 0 amide bonds. The van der Waals surface area contributed by atoms with Crippen molar-refractivity contribution in [3.8, 4) is 11.1 Å². The topological polar surface area (TPSA) is 52.0 Å². The summed E-state index contributed by atoms with van der Waals surface area (Å²) < 4.78 is 1.14. The summed E-state index contributed by atoms with van der Waals surface area (Å²) in [6, 6.07) is 16.4. The molecule has 0 bridgehead atoms. The van der Waals surface area contributed by atoms with Gasteiger partial charge in [0.05, 0.1) is 5.69 Å². The summed E-state index contributed by atoms with van der Waals surface area (Å²) >= 11 is 1.54. The predicted molar refractivity (Wildman–Crippen MR) is 76.1 cm³/mol. The van der Waals surface area contributed by atoms with Gasteiger partial charge < -0.3 is 11.5 Å². The zero-order chi connectivity index (χ0) is 11.8. The Balaban J connectivity index is 2.37. The molecule has 2 aromatic carbocycles. The van der Waals surface area contributed by atoms with Crippen molar-refractivity contribution in [1.82, 2.24) is 0 Å². The van der Waals surface area contributed by atoms with Crippen molar-refractivity contribution >= 4 is 32.1 Å². The molecule has 0 aliphatic rings. The van der Waals surface area contributed by atoms with E-state index in [9.17, 15) is 0 Å². The average molecular weight is 240 g/mol. The summed E-state index contributed by atoms with van der Waals surface area (Å²) in [6.07, 6.45) is 0. The van der Waals surface area contributed by atoms with Crippen LogP contribution in [0.25, 0.3) is 21.2 Å². The second-order valence-corrected chi connectivity index (χ2v) is 5.01. The lowest BCUT2D eigenvalue weighted by Crippen LogP contribution is -1.89. The molecule has 2 nitrogen and oxygen atoms in total. The molecule has 4 N–H and O–H groups in total. The van der Waals surface area contributed by atoms with E-state index in [-0.39, 0.29) is 0 Å². The minimum Gasteiger partial charge on any atom is -0.396 e. The Morgan fingerprint density at radius 2 is 1.59 bits per heavy atom. The van der Waals surface area contributed by atoms with Gasteiger partial charge in [-0.1, -0.05) is 42.5 Å². The minimum absolute atomic E-state index is 0.698. The second-order valence-electron chi connectivity index (χ2n) is 3.92. The number of anilines is 2. The quantitative estimate of drug-likeness (QED) is 0.681. The summed E-state index contributed by atoms with van der Waals surface area (Å²) in [5.74, 6) is 0. The van der Waals surface area contributed by atoms with Crippen LogP contribution < -0.4 is 11.5 Å². The van der Waals surface area contributed by atoms with Crippen LogP contribution >= 0.6 is 11.3 Å². The average Bonchev–Trinajstić information content (AvgIpc) is 2.66. The fraction of sp³-hybridized carbons (Fsp3) is 0. The number of hydrogen-bond acceptors (Lipinski definition) is 3. The number of hydrogen-bond donors (Lipinski definition) is 2. The zero-order valence-electron chi connectivity index (χ0n) is 9.18. The third-order valence-electron chi connectivity index (χ3n) is 2.87. The molecular weight excluding hydrogens is 228 g/mol. The van der Waals surface area contributed by atoms with Crippen LogP contribution in [0.3, 0.4) is 0 Å². The van der Waals surface area contributed by atoms with Crippen LogP contribution in [-0.2, 0) is 0 Å². The largest absolute Gasteiger partial charge is 0.396 e. The first-order chi connectivity index (χ1) is 8.27. The Bertz CT molecular complexity index is 671. The standard InChI is InChI=1S/C14H12N2S/c15-13-12-10(9-5-2-1-3-6-9)7-4-8-11(12)17-14(13)16/h1-8H,15-16H2. The number of thiophene rings is 1. The van der Waals surface area contributed by atoms with Crippen LogP contribution in [0.15, 0.2) is 48.5 Å². The molecule has 0 aliphatic carbocycles. The van der Waals surface area contributed by atoms with Crippen molar-refractivity contribution < 1.29 is 0 Å². The van der Waals surface area contributed by atoms with Gasteiger partial charge in [0.15, 0.2) is 0 Å². The van der Waals surface area contributed by atoms with Gasteiger partial charge in [-0.15, -0.1) is 11.3 Å². The van der Waals surface area contributed by atoms with Gasteiger partial charge in [0, 0.05) is 10.1 Å². The molecule has 1 aromatic heterocycles. The van der Waals surface area contributed by atoms with E-state index >= 15 is 0 Å². The molecule has 1 heterocycles. The number of nitrogen functional groups attached to an aromatic ring is 2. The molecule has 3 aromatic rings. The van der Waals surface area contributed by atoms with Gasteiger partial charge in [0.1, 0.15) is 5.00 Å². The number of fused-ring (bicyclic) bond motifs is 1. The molecule has 0 aliphatic heterocycles. The van der Waals surface area contributed by atoms with Crippen LogP contribution in [0.4, 0.5) is 10.7 Å². The maximum atomic E-state index is 6.06. The van der Waals surface area contributed by atoms with Crippen LogP contribution in [0.5, 0.6) is 0 Å². The third kappa shape index (κ3) is 1.56. The first kappa shape index (κ1) is 10.2. The molecule has 17 heavy (non-hydrogen) atoms. The summed E-state index contributed by atoms with van der Waals surface area (Å²) in [6.45, 7) is 0. The lowest BCUT2D eigenvalue weighted by Gasteiger charge is -2.04. The maximum absolute atomic E-state index is 6.06. The zero-order valence-corrected chi connectivity index (χ0v) is 10.00. The Labute approximate surface area is 103 Å². The van der Waals surface area contributed by atoms with Crippen molar-refractivity contribution in [3.63, 3.8) is 0 Å². The molecule has 0 unspecified atom stereocenters. The van der Waals surface area contributed by atoms with E-state index in [0.717, 1.165) is 15.6 Å².